The van der Waals surface area contributed by atoms with Crippen LogP contribution in [0, 0.1) is 5.82 Å². The van der Waals surface area contributed by atoms with Gasteiger partial charge in [0.05, 0.1) is 6.20 Å². The highest BCUT2D eigenvalue weighted by Gasteiger charge is 1.94. The predicted molar refractivity (Wildman–Crippen MR) is 56.1 cm³/mol. The maximum atomic E-state index is 12.5. The van der Waals surface area contributed by atoms with Crippen molar-refractivity contribution in [3.05, 3.63) is 29.8 Å². The Morgan fingerprint density at radius 2 is 2.00 bits per heavy atom. The molecule has 0 radical (unpaired) electrons. The molecule has 13 heavy (non-hydrogen) atoms. The van der Waals surface area contributed by atoms with Gasteiger partial charge in [0.2, 0.25) is 0 Å². The standard InChI is InChI=1S/C8H11FN2.2ClH/c9-8-4-7(2-1-3-10)5-11-6-8;;/h4-6H,1-3,10H2;2*1H. The smallest absolute Gasteiger partial charge is 0.141 e. The van der Waals surface area contributed by atoms with Crippen molar-refractivity contribution in [1.29, 1.82) is 0 Å². The Labute approximate surface area is 89.6 Å². The third-order valence-electron chi connectivity index (χ3n) is 1.43. The number of aryl methyl sites for hydroxylation is 1. The van der Waals surface area contributed by atoms with E-state index < -0.39 is 0 Å². The molecule has 0 aliphatic rings. The number of nitrogens with zero attached hydrogens (tertiary/aromatic N) is 1. The van der Waals surface area contributed by atoms with E-state index in [1.54, 1.807) is 6.20 Å². The molecular formula is C8H13Cl2FN2. The van der Waals surface area contributed by atoms with Crippen LogP contribution < -0.4 is 5.73 Å². The van der Waals surface area contributed by atoms with Crippen LogP contribution in [0.1, 0.15) is 12.0 Å². The van der Waals surface area contributed by atoms with Gasteiger partial charge in [0.15, 0.2) is 0 Å². The summed E-state index contributed by atoms with van der Waals surface area (Å²) >= 11 is 0. The largest absolute Gasteiger partial charge is 0.330 e. The lowest BCUT2D eigenvalue weighted by Gasteiger charge is -1.97. The zero-order chi connectivity index (χ0) is 8.10. The summed E-state index contributed by atoms with van der Waals surface area (Å²) in [5.74, 6) is -0.278. The molecule has 1 rings (SSSR count). The molecule has 0 saturated carbocycles. The van der Waals surface area contributed by atoms with Crippen LogP contribution in [0.2, 0.25) is 0 Å². The van der Waals surface area contributed by atoms with Gasteiger partial charge in [-0.1, -0.05) is 0 Å². The van der Waals surface area contributed by atoms with Gasteiger partial charge in [0.25, 0.3) is 0 Å². The Morgan fingerprint density at radius 3 is 2.54 bits per heavy atom. The fraction of sp³-hybridized carbons (Fsp3) is 0.375. The highest BCUT2D eigenvalue weighted by molar-refractivity contribution is 5.85. The fourth-order valence-electron chi connectivity index (χ4n) is 0.899. The molecule has 0 bridgehead atoms. The Bertz CT molecular complexity index is 233. The van der Waals surface area contributed by atoms with E-state index in [-0.39, 0.29) is 30.6 Å². The number of halogens is 3. The zero-order valence-corrected chi connectivity index (χ0v) is 8.71. The molecule has 0 unspecified atom stereocenters. The van der Waals surface area contributed by atoms with Crippen LogP contribution in [0.4, 0.5) is 4.39 Å². The number of nitrogens with two attached hydrogens (primary N) is 1. The van der Waals surface area contributed by atoms with E-state index in [2.05, 4.69) is 4.98 Å². The van der Waals surface area contributed by atoms with E-state index in [4.69, 9.17) is 5.73 Å². The molecule has 2 nitrogen and oxygen atoms in total. The van der Waals surface area contributed by atoms with E-state index in [1.807, 2.05) is 0 Å². The minimum Gasteiger partial charge on any atom is -0.330 e. The predicted octanol–water partition coefficient (Wildman–Crippen LogP) is 1.96. The number of pyridine rings is 1. The molecule has 0 amide bonds. The van der Waals surface area contributed by atoms with Crippen molar-refractivity contribution in [2.24, 2.45) is 5.73 Å². The summed E-state index contributed by atoms with van der Waals surface area (Å²) in [5.41, 5.74) is 6.21. The SMILES string of the molecule is Cl.Cl.NCCCc1cncc(F)c1. The van der Waals surface area contributed by atoms with Crippen molar-refractivity contribution >= 4 is 24.8 Å². The van der Waals surface area contributed by atoms with Crippen molar-refractivity contribution in [1.82, 2.24) is 4.98 Å². The Hall–Kier alpha value is -0.380. The van der Waals surface area contributed by atoms with Crippen LogP contribution in [-0.4, -0.2) is 11.5 Å². The fourth-order valence-corrected chi connectivity index (χ4v) is 0.899. The molecule has 0 aliphatic carbocycles. The molecule has 1 heterocycles. The molecule has 0 fully saturated rings. The second-order valence-corrected chi connectivity index (χ2v) is 2.40. The number of rotatable bonds is 3. The van der Waals surface area contributed by atoms with Crippen LogP contribution >= 0.6 is 24.8 Å². The first-order valence-electron chi connectivity index (χ1n) is 3.62. The summed E-state index contributed by atoms with van der Waals surface area (Å²) in [4.78, 5) is 3.72. The molecule has 0 aliphatic heterocycles. The monoisotopic (exact) mass is 226 g/mol. The first-order chi connectivity index (χ1) is 5.33. The van der Waals surface area contributed by atoms with Gasteiger partial charge in [-0.25, -0.2) is 4.39 Å². The third kappa shape index (κ3) is 5.80. The summed E-state index contributed by atoms with van der Waals surface area (Å²) < 4.78 is 12.5. The van der Waals surface area contributed by atoms with Gasteiger partial charge in [-0.05, 0) is 31.0 Å². The summed E-state index contributed by atoms with van der Waals surface area (Å²) in [6.07, 6.45) is 4.55. The zero-order valence-electron chi connectivity index (χ0n) is 7.07. The molecule has 2 N–H and O–H groups in total. The highest BCUT2D eigenvalue weighted by atomic mass is 35.5. The molecular weight excluding hydrogens is 214 g/mol. The van der Waals surface area contributed by atoms with Crippen molar-refractivity contribution in [3.63, 3.8) is 0 Å². The first kappa shape index (κ1) is 15.1. The lowest BCUT2D eigenvalue weighted by atomic mass is 10.1. The highest BCUT2D eigenvalue weighted by Crippen LogP contribution is 2.02. The van der Waals surface area contributed by atoms with Crippen LogP contribution in [0.3, 0.4) is 0 Å². The third-order valence-corrected chi connectivity index (χ3v) is 1.43. The minimum absolute atomic E-state index is 0. The van der Waals surface area contributed by atoms with E-state index in [1.165, 1.54) is 12.3 Å². The minimum atomic E-state index is -0.278. The molecule has 1 aromatic heterocycles. The molecule has 76 valence electrons. The van der Waals surface area contributed by atoms with Crippen molar-refractivity contribution in [3.8, 4) is 0 Å². The van der Waals surface area contributed by atoms with Crippen molar-refractivity contribution in [2.45, 2.75) is 12.8 Å². The Kier molecular flexibility index (Phi) is 9.56. The second-order valence-electron chi connectivity index (χ2n) is 2.40. The number of hydrogen-bond donors (Lipinski definition) is 1. The van der Waals surface area contributed by atoms with Crippen LogP contribution in [0.5, 0.6) is 0 Å². The summed E-state index contributed by atoms with van der Waals surface area (Å²) in [5, 5.41) is 0. The first-order valence-corrected chi connectivity index (χ1v) is 3.62. The number of hydrogen-bond acceptors (Lipinski definition) is 2. The van der Waals surface area contributed by atoms with Crippen molar-refractivity contribution < 1.29 is 4.39 Å². The second kappa shape index (κ2) is 8.23. The normalized spacial score (nSPS) is 8.46. The van der Waals surface area contributed by atoms with Gasteiger partial charge in [-0.15, -0.1) is 24.8 Å². The van der Waals surface area contributed by atoms with Crippen molar-refractivity contribution in [2.75, 3.05) is 6.54 Å². The lowest BCUT2D eigenvalue weighted by molar-refractivity contribution is 0.617. The van der Waals surface area contributed by atoms with Gasteiger partial charge in [0, 0.05) is 6.20 Å². The van der Waals surface area contributed by atoms with Gasteiger partial charge < -0.3 is 5.73 Å². The lowest BCUT2D eigenvalue weighted by Crippen LogP contribution is -2.00. The molecule has 1 aromatic rings. The van der Waals surface area contributed by atoms with E-state index in [9.17, 15) is 4.39 Å². The quantitative estimate of drug-likeness (QED) is 0.857. The summed E-state index contributed by atoms with van der Waals surface area (Å²) in [6.45, 7) is 0.635. The topological polar surface area (TPSA) is 38.9 Å². The van der Waals surface area contributed by atoms with Crippen LogP contribution in [0.15, 0.2) is 18.5 Å². The number of aromatic nitrogens is 1. The van der Waals surface area contributed by atoms with Gasteiger partial charge >= 0.3 is 0 Å². The Balaban J connectivity index is 0. The van der Waals surface area contributed by atoms with Gasteiger partial charge in [-0.3, -0.25) is 4.98 Å². The maximum Gasteiger partial charge on any atom is 0.141 e. The van der Waals surface area contributed by atoms with Gasteiger partial charge in [0.1, 0.15) is 5.82 Å². The van der Waals surface area contributed by atoms with E-state index in [0.717, 1.165) is 18.4 Å². The summed E-state index contributed by atoms with van der Waals surface area (Å²) in [6, 6.07) is 1.49. The Morgan fingerprint density at radius 1 is 1.31 bits per heavy atom. The molecule has 5 heteroatoms. The van der Waals surface area contributed by atoms with E-state index >= 15 is 0 Å². The molecule has 0 saturated heterocycles. The molecule has 0 spiro atoms. The van der Waals surface area contributed by atoms with E-state index in [0.29, 0.717) is 6.54 Å². The van der Waals surface area contributed by atoms with Crippen LogP contribution in [0.25, 0.3) is 0 Å². The maximum absolute atomic E-state index is 12.5. The van der Waals surface area contributed by atoms with Crippen LogP contribution in [-0.2, 0) is 6.42 Å². The molecule has 0 aromatic carbocycles. The molecule has 0 atom stereocenters. The average Bonchev–Trinajstić information content (AvgIpc) is 2.01. The average molecular weight is 227 g/mol. The van der Waals surface area contributed by atoms with Gasteiger partial charge in [-0.2, -0.15) is 0 Å². The summed E-state index contributed by atoms with van der Waals surface area (Å²) in [7, 11) is 0.